The lowest BCUT2D eigenvalue weighted by atomic mass is 9.74. The molecular weight excluding hydrogens is 326 g/mol. The number of rotatable bonds is 5. The molecule has 0 amide bonds. The van der Waals surface area contributed by atoms with E-state index in [1.165, 1.54) is 11.1 Å². The zero-order valence-corrected chi connectivity index (χ0v) is 15.4. The smallest absolute Gasteiger partial charge is 0.237 e. The highest BCUT2D eigenvalue weighted by Crippen LogP contribution is 2.40. The Morgan fingerprint density at radius 1 is 1.21 bits per heavy atom. The maximum Gasteiger partial charge on any atom is 0.237 e. The van der Waals surface area contributed by atoms with Gasteiger partial charge in [-0.25, -0.2) is 0 Å². The Morgan fingerprint density at radius 2 is 1.88 bits per heavy atom. The Kier molecular flexibility index (Phi) is 6.38. The summed E-state index contributed by atoms with van der Waals surface area (Å²) in [5.74, 6) is 1.49. The molecule has 2 aromatic rings. The van der Waals surface area contributed by atoms with Crippen LogP contribution in [0, 0.1) is 6.92 Å². The maximum absolute atomic E-state index is 5.69. The normalized spacial score (nSPS) is 18.0. The van der Waals surface area contributed by atoms with Gasteiger partial charge in [-0.15, -0.1) is 12.4 Å². The van der Waals surface area contributed by atoms with E-state index < -0.39 is 0 Å². The van der Waals surface area contributed by atoms with Crippen molar-refractivity contribution < 1.29 is 9.26 Å². The molecule has 132 valence electrons. The number of hydrogen-bond acceptors (Lipinski definition) is 5. The van der Waals surface area contributed by atoms with Gasteiger partial charge in [0.05, 0.1) is 5.41 Å². The largest absolute Gasteiger partial charge is 0.381 e. The molecule has 0 spiro atoms. The minimum Gasteiger partial charge on any atom is -0.381 e. The molecule has 1 N–H and O–H groups in total. The third-order valence-corrected chi connectivity index (χ3v) is 4.81. The summed E-state index contributed by atoms with van der Waals surface area (Å²) < 4.78 is 11.3. The fraction of sp³-hybridized carbons (Fsp3) is 0.556. The minimum absolute atomic E-state index is 0. The van der Waals surface area contributed by atoms with Crippen molar-refractivity contribution in [3.05, 3.63) is 47.1 Å². The monoisotopic (exact) mass is 351 g/mol. The molecule has 1 aromatic carbocycles. The van der Waals surface area contributed by atoms with Crippen molar-refractivity contribution in [2.24, 2.45) is 0 Å². The van der Waals surface area contributed by atoms with E-state index in [2.05, 4.69) is 48.6 Å². The lowest BCUT2D eigenvalue weighted by molar-refractivity contribution is 0.0523. The third kappa shape index (κ3) is 3.79. The van der Waals surface area contributed by atoms with Gasteiger partial charge in [0.15, 0.2) is 5.82 Å². The first-order valence-electron chi connectivity index (χ1n) is 8.29. The number of benzene rings is 1. The van der Waals surface area contributed by atoms with Gasteiger partial charge in [-0.05, 0) is 39.3 Å². The first-order chi connectivity index (χ1) is 11.1. The van der Waals surface area contributed by atoms with Gasteiger partial charge < -0.3 is 14.6 Å². The molecule has 1 saturated heterocycles. The standard InChI is InChI=1S/C18H25N3O2.ClH/c1-13-4-6-15(7-5-13)18(8-10-22-11-9-18)17-20-16(21-23-17)12-14(2)19-3;/h4-7,14,19H,8-12H2,1-3H3;1H. The van der Waals surface area contributed by atoms with E-state index in [4.69, 9.17) is 14.2 Å². The molecule has 6 heteroatoms. The average molecular weight is 352 g/mol. The minimum atomic E-state index is -0.222. The molecule has 1 unspecified atom stereocenters. The molecule has 24 heavy (non-hydrogen) atoms. The Bertz CT molecular complexity index is 636. The summed E-state index contributed by atoms with van der Waals surface area (Å²) >= 11 is 0. The highest BCUT2D eigenvalue weighted by molar-refractivity contribution is 5.85. The molecule has 0 aliphatic carbocycles. The topological polar surface area (TPSA) is 60.2 Å². The lowest BCUT2D eigenvalue weighted by Crippen LogP contribution is -2.35. The van der Waals surface area contributed by atoms with Crippen molar-refractivity contribution in [1.82, 2.24) is 15.5 Å². The van der Waals surface area contributed by atoms with Crippen LogP contribution < -0.4 is 5.32 Å². The van der Waals surface area contributed by atoms with Gasteiger partial charge in [0.2, 0.25) is 5.89 Å². The van der Waals surface area contributed by atoms with Gasteiger partial charge in [0.1, 0.15) is 0 Å². The van der Waals surface area contributed by atoms with Crippen LogP contribution in [0.15, 0.2) is 28.8 Å². The summed E-state index contributed by atoms with van der Waals surface area (Å²) in [5.41, 5.74) is 2.27. The number of nitrogens with zero attached hydrogens (tertiary/aromatic N) is 2. The summed E-state index contributed by atoms with van der Waals surface area (Å²) in [5, 5.41) is 7.41. The van der Waals surface area contributed by atoms with E-state index in [-0.39, 0.29) is 17.8 Å². The van der Waals surface area contributed by atoms with Crippen molar-refractivity contribution in [1.29, 1.82) is 0 Å². The Balaban J connectivity index is 0.00000208. The van der Waals surface area contributed by atoms with E-state index in [1.807, 2.05) is 7.05 Å². The van der Waals surface area contributed by atoms with Crippen LogP contribution in [0.25, 0.3) is 0 Å². The summed E-state index contributed by atoms with van der Waals surface area (Å²) in [4.78, 5) is 4.72. The number of halogens is 1. The second kappa shape index (κ2) is 8.10. The average Bonchev–Trinajstić information content (AvgIpc) is 3.05. The molecule has 1 atom stereocenters. The van der Waals surface area contributed by atoms with E-state index in [0.29, 0.717) is 6.04 Å². The predicted octanol–water partition coefficient (Wildman–Crippen LogP) is 3.05. The van der Waals surface area contributed by atoms with Crippen molar-refractivity contribution in [2.45, 2.75) is 44.6 Å². The highest BCUT2D eigenvalue weighted by Gasteiger charge is 2.41. The first kappa shape index (κ1) is 18.9. The fourth-order valence-electron chi connectivity index (χ4n) is 3.13. The van der Waals surface area contributed by atoms with Gasteiger partial charge in [-0.3, -0.25) is 0 Å². The van der Waals surface area contributed by atoms with E-state index >= 15 is 0 Å². The quantitative estimate of drug-likeness (QED) is 0.897. The van der Waals surface area contributed by atoms with Crippen LogP contribution in [0.2, 0.25) is 0 Å². The Morgan fingerprint density at radius 3 is 2.50 bits per heavy atom. The molecule has 1 aliphatic heterocycles. The Labute approximate surface area is 149 Å². The van der Waals surface area contributed by atoms with E-state index in [9.17, 15) is 0 Å². The van der Waals surface area contributed by atoms with E-state index in [1.54, 1.807) is 0 Å². The van der Waals surface area contributed by atoms with Gasteiger partial charge in [-0.2, -0.15) is 4.98 Å². The van der Waals surface area contributed by atoms with Gasteiger partial charge in [0.25, 0.3) is 0 Å². The summed E-state index contributed by atoms with van der Waals surface area (Å²) in [6.45, 7) is 5.65. The third-order valence-electron chi connectivity index (χ3n) is 4.81. The second-order valence-electron chi connectivity index (χ2n) is 6.47. The molecule has 0 radical (unpaired) electrons. The fourth-order valence-corrected chi connectivity index (χ4v) is 3.13. The van der Waals surface area contributed by atoms with Crippen molar-refractivity contribution in [3.8, 4) is 0 Å². The summed E-state index contributed by atoms with van der Waals surface area (Å²) in [7, 11) is 1.94. The van der Waals surface area contributed by atoms with Crippen LogP contribution >= 0.6 is 12.4 Å². The van der Waals surface area contributed by atoms with Crippen molar-refractivity contribution >= 4 is 12.4 Å². The lowest BCUT2D eigenvalue weighted by Gasteiger charge is -2.34. The second-order valence-corrected chi connectivity index (χ2v) is 6.47. The van der Waals surface area contributed by atoms with Gasteiger partial charge in [0, 0.05) is 25.7 Å². The van der Waals surface area contributed by atoms with Crippen LogP contribution in [0.5, 0.6) is 0 Å². The molecular formula is C18H26ClN3O2. The number of ether oxygens (including phenoxy) is 1. The number of hydrogen-bond donors (Lipinski definition) is 1. The highest BCUT2D eigenvalue weighted by atomic mass is 35.5. The van der Waals surface area contributed by atoms with Gasteiger partial charge >= 0.3 is 0 Å². The summed E-state index contributed by atoms with van der Waals surface area (Å²) in [6.07, 6.45) is 2.51. The van der Waals surface area contributed by atoms with Crippen LogP contribution in [-0.4, -0.2) is 36.4 Å². The van der Waals surface area contributed by atoms with Crippen LogP contribution in [0.4, 0.5) is 0 Å². The molecule has 2 heterocycles. The molecule has 1 aromatic heterocycles. The number of aryl methyl sites for hydroxylation is 1. The zero-order valence-electron chi connectivity index (χ0n) is 14.5. The molecule has 5 nitrogen and oxygen atoms in total. The van der Waals surface area contributed by atoms with Gasteiger partial charge in [-0.1, -0.05) is 35.0 Å². The SMILES string of the molecule is CNC(C)Cc1noc(C2(c3ccc(C)cc3)CCOCC2)n1.Cl. The number of aromatic nitrogens is 2. The summed E-state index contributed by atoms with van der Waals surface area (Å²) in [6, 6.07) is 8.98. The molecule has 3 rings (SSSR count). The van der Waals surface area contributed by atoms with Crippen LogP contribution in [-0.2, 0) is 16.6 Å². The van der Waals surface area contributed by atoms with Crippen LogP contribution in [0.3, 0.4) is 0 Å². The van der Waals surface area contributed by atoms with Crippen molar-refractivity contribution in [3.63, 3.8) is 0 Å². The molecule has 0 bridgehead atoms. The van der Waals surface area contributed by atoms with Crippen molar-refractivity contribution in [2.75, 3.05) is 20.3 Å². The van der Waals surface area contributed by atoms with Crippen LogP contribution in [0.1, 0.15) is 42.6 Å². The number of nitrogens with one attached hydrogen (secondary N) is 1. The predicted molar refractivity (Wildman–Crippen MR) is 95.8 cm³/mol. The Hall–Kier alpha value is -1.43. The number of likely N-dealkylation sites (N-methyl/N-ethyl adjacent to an activating group) is 1. The zero-order chi connectivity index (χ0) is 16.3. The van der Waals surface area contributed by atoms with E-state index in [0.717, 1.165) is 44.2 Å². The molecule has 0 saturated carbocycles. The molecule has 1 aliphatic rings. The first-order valence-corrected chi connectivity index (χ1v) is 8.29. The maximum atomic E-state index is 5.69. The molecule has 1 fully saturated rings.